The lowest BCUT2D eigenvalue weighted by Crippen LogP contribution is -2.28. The van der Waals surface area contributed by atoms with Crippen molar-refractivity contribution in [2.75, 3.05) is 13.2 Å². The Morgan fingerprint density at radius 3 is 0.971 bits per heavy atom. The number of allylic oxidation sites excluding steroid dienone is 12. The second kappa shape index (κ2) is 58.7. The summed E-state index contributed by atoms with van der Waals surface area (Å²) in [5.41, 5.74) is 0. The molecular weight excluding hydrogens is 837 g/mol. The Bertz CT molecular complexity index is 1210. The number of carbonyl (C=O) groups is 2. The van der Waals surface area contributed by atoms with Crippen molar-refractivity contribution in [2.45, 2.75) is 302 Å². The summed E-state index contributed by atoms with van der Waals surface area (Å²) in [5, 5.41) is 9.65. The zero-order chi connectivity index (χ0) is 49.2. The van der Waals surface area contributed by atoms with Crippen LogP contribution in [-0.4, -0.2) is 36.4 Å². The molecule has 1 unspecified atom stereocenters. The Labute approximate surface area is 423 Å². The first kappa shape index (κ1) is 65.3. The van der Waals surface area contributed by atoms with Gasteiger partial charge in [0.2, 0.25) is 0 Å². The Hall–Kier alpha value is -2.66. The van der Waals surface area contributed by atoms with Crippen molar-refractivity contribution >= 4 is 11.9 Å². The largest absolute Gasteiger partial charge is 0.462 e. The molecule has 0 aromatic carbocycles. The average Bonchev–Trinajstić information content (AvgIpc) is 3.34. The molecule has 0 rings (SSSR count). The van der Waals surface area contributed by atoms with E-state index in [2.05, 4.69) is 86.8 Å². The van der Waals surface area contributed by atoms with Crippen molar-refractivity contribution in [3.63, 3.8) is 0 Å². The van der Waals surface area contributed by atoms with Crippen LogP contribution in [0.5, 0.6) is 0 Å². The molecule has 0 radical (unpaired) electrons. The highest BCUT2D eigenvalue weighted by Gasteiger charge is 2.16. The van der Waals surface area contributed by atoms with E-state index in [1.807, 2.05) is 0 Å². The van der Waals surface area contributed by atoms with Gasteiger partial charge in [-0.3, -0.25) is 9.59 Å². The SMILES string of the molecule is CC/C=C\C/C=C\C/C=C\C/C=C\C/C=C\CCCCCCCC(=O)OC(CO)COC(=O)CCCCCCCCCCCCCCCCCCCCCCC/C=C\CCCCCCCCCC. The van der Waals surface area contributed by atoms with Gasteiger partial charge >= 0.3 is 11.9 Å². The van der Waals surface area contributed by atoms with Crippen molar-refractivity contribution in [3.8, 4) is 0 Å². The van der Waals surface area contributed by atoms with E-state index in [9.17, 15) is 14.7 Å². The van der Waals surface area contributed by atoms with Gasteiger partial charge in [0.15, 0.2) is 6.10 Å². The second-order valence-electron chi connectivity index (χ2n) is 19.7. The lowest BCUT2D eigenvalue weighted by Gasteiger charge is -2.15. The molecule has 0 aromatic rings. The number of aliphatic hydroxyl groups is 1. The fourth-order valence-corrected chi connectivity index (χ4v) is 8.58. The Morgan fingerprint density at radius 1 is 0.353 bits per heavy atom. The number of ether oxygens (including phenoxy) is 2. The van der Waals surface area contributed by atoms with Gasteiger partial charge in [-0.2, -0.15) is 0 Å². The zero-order valence-electron chi connectivity index (χ0n) is 45.1. The van der Waals surface area contributed by atoms with Gasteiger partial charge in [-0.15, -0.1) is 0 Å². The fourth-order valence-electron chi connectivity index (χ4n) is 8.58. The summed E-state index contributed by atoms with van der Waals surface area (Å²) >= 11 is 0. The smallest absolute Gasteiger partial charge is 0.306 e. The van der Waals surface area contributed by atoms with E-state index < -0.39 is 6.10 Å². The molecule has 0 saturated heterocycles. The predicted molar refractivity (Wildman–Crippen MR) is 297 cm³/mol. The van der Waals surface area contributed by atoms with Crippen molar-refractivity contribution in [3.05, 3.63) is 72.9 Å². The third-order valence-corrected chi connectivity index (χ3v) is 13.0. The molecule has 0 spiro atoms. The van der Waals surface area contributed by atoms with E-state index in [1.165, 1.54) is 180 Å². The third kappa shape index (κ3) is 55.9. The van der Waals surface area contributed by atoms with Gasteiger partial charge < -0.3 is 14.6 Å². The van der Waals surface area contributed by atoms with Gasteiger partial charge in [0.1, 0.15) is 6.61 Å². The highest BCUT2D eigenvalue weighted by Crippen LogP contribution is 2.17. The first-order valence-corrected chi connectivity index (χ1v) is 29.5. The van der Waals surface area contributed by atoms with Crippen molar-refractivity contribution in [2.24, 2.45) is 0 Å². The van der Waals surface area contributed by atoms with Gasteiger partial charge in [-0.05, 0) is 83.5 Å². The number of unbranched alkanes of at least 4 members (excludes halogenated alkanes) is 34. The summed E-state index contributed by atoms with van der Waals surface area (Å²) in [4.78, 5) is 24.5. The summed E-state index contributed by atoms with van der Waals surface area (Å²) in [6, 6.07) is 0. The minimum Gasteiger partial charge on any atom is -0.462 e. The lowest BCUT2D eigenvalue weighted by molar-refractivity contribution is -0.161. The molecule has 0 amide bonds. The predicted octanol–water partition coefficient (Wildman–Crippen LogP) is 20.0. The van der Waals surface area contributed by atoms with Crippen LogP contribution in [0.4, 0.5) is 0 Å². The van der Waals surface area contributed by atoms with E-state index in [0.29, 0.717) is 12.8 Å². The molecule has 0 saturated carbocycles. The van der Waals surface area contributed by atoms with Crippen LogP contribution in [0.3, 0.4) is 0 Å². The minimum absolute atomic E-state index is 0.0742. The Kier molecular flexibility index (Phi) is 56.4. The van der Waals surface area contributed by atoms with Gasteiger partial charge in [0.05, 0.1) is 6.61 Å². The lowest BCUT2D eigenvalue weighted by atomic mass is 10.0. The maximum Gasteiger partial charge on any atom is 0.306 e. The highest BCUT2D eigenvalue weighted by atomic mass is 16.6. The minimum atomic E-state index is -0.785. The fraction of sp³-hybridized carbons (Fsp3) is 0.778. The zero-order valence-corrected chi connectivity index (χ0v) is 45.1. The summed E-state index contributed by atoms with van der Waals surface area (Å²) in [5.74, 6) is -0.604. The van der Waals surface area contributed by atoms with Crippen LogP contribution in [0, 0.1) is 0 Å². The van der Waals surface area contributed by atoms with Crippen molar-refractivity contribution in [1.29, 1.82) is 0 Å². The van der Waals surface area contributed by atoms with Crippen molar-refractivity contribution in [1.82, 2.24) is 0 Å². The molecule has 0 aliphatic carbocycles. The molecule has 5 heteroatoms. The number of hydrogen-bond donors (Lipinski definition) is 1. The normalized spacial score (nSPS) is 12.7. The van der Waals surface area contributed by atoms with E-state index in [4.69, 9.17) is 9.47 Å². The summed E-state index contributed by atoms with van der Waals surface area (Å²) in [6.45, 7) is 4.04. The number of aliphatic hydroxyl groups excluding tert-OH is 1. The molecule has 1 N–H and O–H groups in total. The van der Waals surface area contributed by atoms with E-state index >= 15 is 0 Å². The quantitative estimate of drug-likeness (QED) is 0.0374. The molecule has 0 aliphatic heterocycles. The van der Waals surface area contributed by atoms with Gasteiger partial charge in [0.25, 0.3) is 0 Å². The third-order valence-electron chi connectivity index (χ3n) is 13.0. The molecule has 394 valence electrons. The monoisotopic (exact) mass is 949 g/mol. The van der Waals surface area contributed by atoms with Crippen LogP contribution in [0.1, 0.15) is 296 Å². The van der Waals surface area contributed by atoms with E-state index in [0.717, 1.165) is 89.9 Å². The number of carbonyl (C=O) groups excluding carboxylic acids is 2. The summed E-state index contributed by atoms with van der Waals surface area (Å²) in [6.07, 6.45) is 80.4. The second-order valence-corrected chi connectivity index (χ2v) is 19.7. The summed E-state index contributed by atoms with van der Waals surface area (Å²) in [7, 11) is 0. The van der Waals surface area contributed by atoms with E-state index in [-0.39, 0.29) is 25.2 Å². The maximum absolute atomic E-state index is 12.3. The molecule has 0 heterocycles. The molecule has 0 fully saturated rings. The molecular formula is C63H112O5. The van der Waals surface area contributed by atoms with Crippen LogP contribution in [0.15, 0.2) is 72.9 Å². The van der Waals surface area contributed by atoms with Crippen LogP contribution < -0.4 is 0 Å². The first-order chi connectivity index (χ1) is 33.6. The number of rotatable bonds is 54. The van der Waals surface area contributed by atoms with Gasteiger partial charge in [-0.1, -0.05) is 273 Å². The van der Waals surface area contributed by atoms with Crippen LogP contribution in [0.25, 0.3) is 0 Å². The maximum atomic E-state index is 12.3. The number of hydrogen-bond acceptors (Lipinski definition) is 5. The van der Waals surface area contributed by atoms with E-state index in [1.54, 1.807) is 0 Å². The van der Waals surface area contributed by atoms with Crippen molar-refractivity contribution < 1.29 is 24.2 Å². The van der Waals surface area contributed by atoms with Gasteiger partial charge in [0, 0.05) is 12.8 Å². The first-order valence-electron chi connectivity index (χ1n) is 29.5. The summed E-state index contributed by atoms with van der Waals surface area (Å²) < 4.78 is 10.7. The average molecular weight is 950 g/mol. The highest BCUT2D eigenvalue weighted by molar-refractivity contribution is 5.70. The van der Waals surface area contributed by atoms with Crippen LogP contribution in [0.2, 0.25) is 0 Å². The molecule has 5 nitrogen and oxygen atoms in total. The molecule has 0 aliphatic rings. The van der Waals surface area contributed by atoms with Crippen LogP contribution >= 0.6 is 0 Å². The Morgan fingerprint density at radius 2 is 0.632 bits per heavy atom. The number of esters is 2. The van der Waals surface area contributed by atoms with Gasteiger partial charge in [-0.25, -0.2) is 0 Å². The molecule has 0 aromatic heterocycles. The standard InChI is InChI=1S/C63H112O5/c1-3-5-7-9-11-13-15-17-19-21-23-25-26-27-28-29-30-31-32-33-34-35-36-38-39-41-43-45-47-49-51-53-55-57-62(65)67-60-61(59-64)68-63(66)58-56-54-52-50-48-46-44-42-40-37-24-22-20-18-16-14-12-10-8-6-4-2/h6,8,12,14,18,20-21,23-24,37,42,44,61,64H,3-5,7,9-11,13,15-17,19,22,25-36,38-41,43,45-60H2,1-2H3/b8-6-,14-12-,20-18-,23-21-,37-24-,44-42-. The molecule has 0 bridgehead atoms. The Balaban J connectivity index is 3.46. The topological polar surface area (TPSA) is 72.8 Å². The molecule has 68 heavy (non-hydrogen) atoms. The van der Waals surface area contributed by atoms with Crippen LogP contribution in [-0.2, 0) is 19.1 Å². The molecule has 1 atom stereocenters.